The average Bonchev–Trinajstić information content (AvgIpc) is 2.25. The zero-order chi connectivity index (χ0) is 11.5. The summed E-state index contributed by atoms with van der Waals surface area (Å²) in [4.78, 5) is 0. The van der Waals surface area contributed by atoms with Crippen LogP contribution in [-0.4, -0.2) is 4.57 Å². The summed E-state index contributed by atoms with van der Waals surface area (Å²) >= 11 is 11.9. The summed E-state index contributed by atoms with van der Waals surface area (Å²) in [6.45, 7) is 0.677. The number of aromatic nitrogens is 1. The summed E-state index contributed by atoms with van der Waals surface area (Å²) in [5.74, 6) is 0. The van der Waals surface area contributed by atoms with Crippen molar-refractivity contribution in [2.24, 2.45) is 0 Å². The van der Waals surface area contributed by atoms with E-state index in [1.807, 2.05) is 29.1 Å². The van der Waals surface area contributed by atoms with Gasteiger partial charge in [-0.25, -0.2) is 0 Å². The molecule has 0 fully saturated rings. The van der Waals surface area contributed by atoms with Gasteiger partial charge < -0.3 is 22.4 Å². The fourth-order valence-corrected chi connectivity index (χ4v) is 1.88. The lowest BCUT2D eigenvalue weighted by molar-refractivity contribution is -0.00000329. The standard InChI is InChI=1S/C12H10Cl2N2.ClH/c13-10-2-1-9(12(14)7-10)8-16-5-3-11(15)4-6-16;/h1-7,15H,8H2;1H/p-1. The van der Waals surface area contributed by atoms with Gasteiger partial charge in [-0.1, -0.05) is 29.3 Å². The number of nitrogens with zero attached hydrogens (tertiary/aromatic N) is 1. The fourth-order valence-electron chi connectivity index (χ4n) is 1.41. The minimum Gasteiger partial charge on any atom is -1.00 e. The van der Waals surface area contributed by atoms with Crippen molar-refractivity contribution in [2.75, 3.05) is 0 Å². The summed E-state index contributed by atoms with van der Waals surface area (Å²) in [6.07, 6.45) is 3.71. The van der Waals surface area contributed by atoms with Crippen molar-refractivity contribution < 1.29 is 12.4 Å². The molecule has 0 saturated heterocycles. The third-order valence-electron chi connectivity index (χ3n) is 2.26. The van der Waals surface area contributed by atoms with E-state index in [-0.39, 0.29) is 12.4 Å². The van der Waals surface area contributed by atoms with Crippen LogP contribution in [0.25, 0.3) is 0 Å². The lowest BCUT2D eigenvalue weighted by atomic mass is 10.2. The van der Waals surface area contributed by atoms with Crippen LogP contribution in [0.5, 0.6) is 0 Å². The van der Waals surface area contributed by atoms with Crippen LogP contribution < -0.4 is 17.8 Å². The Hall–Kier alpha value is -0.960. The summed E-state index contributed by atoms with van der Waals surface area (Å²) in [6, 6.07) is 8.94. The highest BCUT2D eigenvalue weighted by Gasteiger charge is 2.01. The summed E-state index contributed by atoms with van der Waals surface area (Å²) in [7, 11) is 0. The lowest BCUT2D eigenvalue weighted by Gasteiger charge is -2.08. The highest BCUT2D eigenvalue weighted by atomic mass is 35.5. The second kappa shape index (κ2) is 6.10. The van der Waals surface area contributed by atoms with Crippen molar-refractivity contribution in [3.63, 3.8) is 0 Å². The van der Waals surface area contributed by atoms with E-state index in [9.17, 15) is 0 Å². The molecule has 0 saturated carbocycles. The van der Waals surface area contributed by atoms with E-state index >= 15 is 0 Å². The van der Waals surface area contributed by atoms with Crippen LogP contribution in [0, 0.1) is 5.41 Å². The van der Waals surface area contributed by atoms with E-state index in [1.54, 1.807) is 18.2 Å². The number of hydrogen-bond donors (Lipinski definition) is 1. The van der Waals surface area contributed by atoms with Gasteiger partial charge in [0.15, 0.2) is 0 Å². The molecule has 0 amide bonds. The lowest BCUT2D eigenvalue weighted by Crippen LogP contribution is -3.00. The predicted octanol–water partition coefficient (Wildman–Crippen LogP) is 0.327. The molecule has 0 radical (unpaired) electrons. The van der Waals surface area contributed by atoms with Gasteiger partial charge in [-0.05, 0) is 29.8 Å². The Kier molecular flexibility index (Phi) is 5.06. The Morgan fingerprint density at radius 1 is 1.06 bits per heavy atom. The Labute approximate surface area is 116 Å². The molecule has 0 aliphatic rings. The van der Waals surface area contributed by atoms with Gasteiger partial charge in [-0.3, -0.25) is 0 Å². The molecule has 17 heavy (non-hydrogen) atoms. The smallest absolute Gasteiger partial charge is 0.0568 e. The minimum atomic E-state index is 0. The third-order valence-corrected chi connectivity index (χ3v) is 2.85. The van der Waals surface area contributed by atoms with Crippen LogP contribution in [0.2, 0.25) is 10.0 Å². The van der Waals surface area contributed by atoms with E-state index < -0.39 is 0 Å². The first-order valence-electron chi connectivity index (χ1n) is 4.80. The Balaban J connectivity index is 0.00000144. The van der Waals surface area contributed by atoms with Gasteiger partial charge >= 0.3 is 0 Å². The van der Waals surface area contributed by atoms with Crippen molar-refractivity contribution >= 4 is 23.2 Å². The molecule has 1 N–H and O–H groups in total. The molecule has 0 atom stereocenters. The third kappa shape index (κ3) is 3.77. The van der Waals surface area contributed by atoms with E-state index in [2.05, 4.69) is 0 Å². The molecule has 2 aromatic rings. The molecule has 0 aliphatic heterocycles. The number of benzene rings is 1. The first-order valence-corrected chi connectivity index (χ1v) is 5.55. The van der Waals surface area contributed by atoms with Crippen molar-refractivity contribution in [3.05, 3.63) is 63.7 Å². The topological polar surface area (TPSA) is 28.8 Å². The minimum absolute atomic E-state index is 0. The molecule has 1 heterocycles. The molecule has 0 bridgehead atoms. The van der Waals surface area contributed by atoms with Crippen LogP contribution in [0.4, 0.5) is 0 Å². The molecule has 2 rings (SSSR count). The van der Waals surface area contributed by atoms with Crippen LogP contribution >= 0.6 is 23.2 Å². The van der Waals surface area contributed by atoms with Crippen molar-refractivity contribution in [1.29, 1.82) is 5.41 Å². The summed E-state index contributed by atoms with van der Waals surface area (Å²) in [5, 5.41) is 9.18. The van der Waals surface area contributed by atoms with Gasteiger partial charge in [0.1, 0.15) is 0 Å². The molecular formula is C12H10Cl3N2-. The Morgan fingerprint density at radius 3 is 2.29 bits per heavy atom. The predicted molar refractivity (Wildman–Crippen MR) is 65.9 cm³/mol. The molecule has 0 spiro atoms. The molecule has 2 nitrogen and oxygen atoms in total. The molecule has 1 aromatic carbocycles. The van der Waals surface area contributed by atoms with E-state index in [1.165, 1.54) is 0 Å². The van der Waals surface area contributed by atoms with Gasteiger partial charge in [0.05, 0.1) is 5.36 Å². The highest BCUT2D eigenvalue weighted by Crippen LogP contribution is 2.21. The molecule has 0 aliphatic carbocycles. The SMILES string of the molecule is N=c1ccn(Cc2ccc(Cl)cc2Cl)cc1.[Cl-]. The van der Waals surface area contributed by atoms with Crippen molar-refractivity contribution in [2.45, 2.75) is 6.54 Å². The number of rotatable bonds is 2. The Bertz CT molecular complexity index is 543. The maximum atomic E-state index is 7.38. The quantitative estimate of drug-likeness (QED) is 0.825. The first kappa shape index (κ1) is 14.1. The number of hydrogen-bond acceptors (Lipinski definition) is 1. The van der Waals surface area contributed by atoms with Gasteiger partial charge in [-0.2, -0.15) is 0 Å². The van der Waals surface area contributed by atoms with Crippen LogP contribution in [0.1, 0.15) is 5.56 Å². The molecule has 5 heteroatoms. The maximum Gasteiger partial charge on any atom is 0.0568 e. The maximum absolute atomic E-state index is 7.38. The fraction of sp³-hybridized carbons (Fsp3) is 0.0833. The van der Waals surface area contributed by atoms with Gasteiger partial charge in [0.25, 0.3) is 0 Å². The number of pyridine rings is 1. The van der Waals surface area contributed by atoms with Crippen molar-refractivity contribution in [3.8, 4) is 0 Å². The van der Waals surface area contributed by atoms with Crippen LogP contribution in [-0.2, 0) is 6.54 Å². The number of nitrogens with one attached hydrogen (secondary N) is 1. The summed E-state index contributed by atoms with van der Waals surface area (Å²) < 4.78 is 1.97. The van der Waals surface area contributed by atoms with Crippen molar-refractivity contribution in [1.82, 2.24) is 4.57 Å². The summed E-state index contributed by atoms with van der Waals surface area (Å²) in [5.41, 5.74) is 1.01. The molecule has 1 aromatic heterocycles. The first-order chi connectivity index (χ1) is 7.65. The van der Waals surface area contributed by atoms with Crippen LogP contribution in [0.15, 0.2) is 42.7 Å². The second-order valence-corrected chi connectivity index (χ2v) is 4.34. The van der Waals surface area contributed by atoms with Gasteiger partial charge in [0, 0.05) is 29.0 Å². The molecular weight excluding hydrogens is 279 g/mol. The molecule has 0 unspecified atom stereocenters. The zero-order valence-corrected chi connectivity index (χ0v) is 11.1. The van der Waals surface area contributed by atoms with E-state index in [0.29, 0.717) is 21.9 Å². The highest BCUT2D eigenvalue weighted by molar-refractivity contribution is 6.35. The second-order valence-electron chi connectivity index (χ2n) is 3.49. The van der Waals surface area contributed by atoms with E-state index in [0.717, 1.165) is 5.56 Å². The zero-order valence-electron chi connectivity index (χ0n) is 8.83. The average molecular weight is 289 g/mol. The largest absolute Gasteiger partial charge is 1.00 e. The molecule has 90 valence electrons. The monoisotopic (exact) mass is 287 g/mol. The van der Waals surface area contributed by atoms with Crippen LogP contribution in [0.3, 0.4) is 0 Å². The van der Waals surface area contributed by atoms with Gasteiger partial charge in [-0.15, -0.1) is 0 Å². The number of halogens is 3. The van der Waals surface area contributed by atoms with Gasteiger partial charge in [0.2, 0.25) is 0 Å². The Morgan fingerprint density at radius 2 is 1.71 bits per heavy atom. The normalized spacial score (nSPS) is 9.76. The van der Waals surface area contributed by atoms with E-state index in [4.69, 9.17) is 28.6 Å².